The smallest absolute Gasteiger partial charge is 0.256 e. The molecule has 20 heteroatoms. The first kappa shape index (κ1) is 17.4. The molecule has 0 atom stereocenters. The van der Waals surface area contributed by atoms with Gasteiger partial charge in [-0.1, -0.05) is 10.9 Å². The van der Waals surface area contributed by atoms with Gasteiger partial charge in [0.25, 0.3) is 0 Å². The Balaban J connectivity index is 0.000000240. The Hall–Kier alpha value is -4.70. The fourth-order valence-corrected chi connectivity index (χ4v) is 0.971. The number of H-pyrrole nitrogens is 2. The molecule has 2 rings (SSSR count). The fourth-order valence-electron chi connectivity index (χ4n) is 0.971. The van der Waals surface area contributed by atoms with Crippen LogP contribution in [-0.2, 0) is 0 Å². The Bertz CT molecular complexity index is 806. The van der Waals surface area contributed by atoms with Crippen molar-refractivity contribution in [1.29, 1.82) is 0 Å². The average Bonchev–Trinajstić information content (AvgIpc) is 3.10. The van der Waals surface area contributed by atoms with Crippen molar-refractivity contribution < 1.29 is 10.1 Å². The zero-order valence-electron chi connectivity index (χ0n) is 11.0. The Morgan fingerprint density at radius 2 is 1.71 bits per heavy atom. The van der Waals surface area contributed by atoms with Gasteiger partial charge in [-0.25, -0.2) is 20.2 Å². The van der Waals surface area contributed by atoms with Crippen LogP contribution in [-0.4, -0.2) is 40.7 Å². The molecule has 0 amide bonds. The first-order chi connectivity index (χ1) is 11.5. The molecular weight excluding hydrogens is 336 g/mol. The van der Waals surface area contributed by atoms with Crippen molar-refractivity contribution in [1.82, 2.24) is 30.6 Å². The molecule has 0 bridgehead atoms. The summed E-state index contributed by atoms with van der Waals surface area (Å²) in [5, 5.41) is 38.3. The summed E-state index contributed by atoms with van der Waals surface area (Å²) in [6, 6.07) is 0. The highest BCUT2D eigenvalue weighted by atomic mass is 16.7. The van der Waals surface area contributed by atoms with Crippen molar-refractivity contribution in [2.24, 2.45) is 10.2 Å². The Morgan fingerprint density at radius 1 is 1.04 bits per heavy atom. The van der Waals surface area contributed by atoms with Crippen molar-refractivity contribution in [2.45, 2.75) is 0 Å². The second-order valence-electron chi connectivity index (χ2n) is 3.10. The first-order valence-electron chi connectivity index (χ1n) is 5.21. The van der Waals surface area contributed by atoms with Gasteiger partial charge in [-0.2, -0.15) is 15.3 Å². The van der Waals surface area contributed by atoms with Crippen LogP contribution in [0, 0.1) is 20.2 Å². The number of rotatable bonds is 6. The maximum absolute atomic E-state index is 9.90. The second kappa shape index (κ2) is 8.56. The molecule has 0 aliphatic heterocycles. The third-order valence-electron chi connectivity index (χ3n) is 1.67. The predicted molar refractivity (Wildman–Crippen MR) is 71.6 cm³/mol. The zero-order chi connectivity index (χ0) is 17.9. The van der Waals surface area contributed by atoms with Gasteiger partial charge in [-0.15, -0.1) is 10.2 Å². The standard InChI is InChI=1S/2C2H2N8O2/c3-9-7-1-4-2(6-5-1)8-10(11)12;3-8-4-1-2(6-9-5-1)7-10(11)12/h(H2,4,5,6,8);(H2,5,6,7,9). The van der Waals surface area contributed by atoms with Gasteiger partial charge in [0.15, 0.2) is 15.9 Å². The molecule has 4 N–H and O–H groups in total. The molecule has 124 valence electrons. The predicted octanol–water partition coefficient (Wildman–Crippen LogP) is 0.700. The molecular formula is C4H4N16O4. The Labute approximate surface area is 127 Å². The molecule has 0 spiro atoms. The van der Waals surface area contributed by atoms with Gasteiger partial charge >= 0.3 is 5.95 Å². The molecule has 0 aliphatic rings. The number of azide groups is 2. The zero-order valence-corrected chi connectivity index (χ0v) is 11.0. The van der Waals surface area contributed by atoms with E-state index in [-0.39, 0.29) is 23.5 Å². The number of anilines is 2. The molecule has 0 aliphatic carbocycles. The minimum absolute atomic E-state index is 0.137. The lowest BCUT2D eigenvalue weighted by molar-refractivity contribution is -0.446. The van der Waals surface area contributed by atoms with Crippen LogP contribution in [0.2, 0.25) is 0 Å². The van der Waals surface area contributed by atoms with E-state index in [9.17, 15) is 20.2 Å². The second-order valence-corrected chi connectivity index (χ2v) is 3.10. The molecule has 0 saturated heterocycles. The van der Waals surface area contributed by atoms with Gasteiger partial charge in [0.05, 0.1) is 0 Å². The van der Waals surface area contributed by atoms with Crippen molar-refractivity contribution in [3.05, 3.63) is 41.1 Å². The molecule has 0 unspecified atom stereocenters. The summed E-state index contributed by atoms with van der Waals surface area (Å²) in [7, 11) is 0. The number of nitro groups is 2. The van der Waals surface area contributed by atoms with E-state index in [4.69, 9.17) is 11.1 Å². The summed E-state index contributed by atoms with van der Waals surface area (Å²) in [4.78, 5) is 27.9. The third-order valence-corrected chi connectivity index (χ3v) is 1.67. The van der Waals surface area contributed by atoms with Gasteiger partial charge in [-0.3, -0.25) is 5.10 Å². The molecule has 2 heterocycles. The van der Waals surface area contributed by atoms with E-state index in [0.717, 1.165) is 0 Å². The van der Waals surface area contributed by atoms with E-state index in [2.05, 4.69) is 50.6 Å². The average molecular weight is 340 g/mol. The van der Waals surface area contributed by atoms with Crippen molar-refractivity contribution in [3.8, 4) is 0 Å². The highest BCUT2D eigenvalue weighted by Gasteiger charge is 2.09. The lowest BCUT2D eigenvalue weighted by Crippen LogP contribution is -2.08. The van der Waals surface area contributed by atoms with Crippen LogP contribution in [0.5, 0.6) is 0 Å². The number of nitrogens with one attached hydrogen (secondary N) is 4. The van der Waals surface area contributed by atoms with E-state index in [1.54, 1.807) is 10.9 Å². The SMILES string of the molecule is [N-]=[N+]=Nc1n[nH]nc1N[N+](=O)[O-].[N-]=[N+]=Nc1nc(N[N+](=O)[O-])n[nH]1. The Kier molecular flexibility index (Phi) is 6.19. The highest BCUT2D eigenvalue weighted by Crippen LogP contribution is 2.16. The summed E-state index contributed by atoms with van der Waals surface area (Å²) < 4.78 is 0. The van der Waals surface area contributed by atoms with Crippen molar-refractivity contribution in [3.63, 3.8) is 0 Å². The maximum atomic E-state index is 9.90. The maximum Gasteiger partial charge on any atom is 0.303 e. The van der Waals surface area contributed by atoms with Crippen LogP contribution in [0.15, 0.2) is 10.2 Å². The van der Waals surface area contributed by atoms with Crippen LogP contribution < -0.4 is 10.9 Å². The van der Waals surface area contributed by atoms with Crippen LogP contribution in [0.1, 0.15) is 0 Å². The fraction of sp³-hybridized carbons (Fsp3) is 0. The minimum atomic E-state index is -0.839. The normalized spacial score (nSPS) is 8.67. The molecule has 2 aromatic heterocycles. The van der Waals surface area contributed by atoms with Gasteiger partial charge in [0.2, 0.25) is 11.8 Å². The molecule has 20 nitrogen and oxygen atoms in total. The van der Waals surface area contributed by atoms with E-state index in [1.165, 1.54) is 0 Å². The van der Waals surface area contributed by atoms with E-state index in [1.807, 2.05) is 0 Å². The molecule has 0 radical (unpaired) electrons. The lowest BCUT2D eigenvalue weighted by atomic mass is 10.7. The lowest BCUT2D eigenvalue weighted by Gasteiger charge is -1.88. The largest absolute Gasteiger partial charge is 0.303 e. The Morgan fingerprint density at radius 3 is 2.29 bits per heavy atom. The van der Waals surface area contributed by atoms with E-state index < -0.39 is 10.1 Å². The van der Waals surface area contributed by atoms with Gasteiger partial charge < -0.3 is 0 Å². The van der Waals surface area contributed by atoms with Crippen molar-refractivity contribution >= 4 is 23.5 Å². The number of nitrogens with zero attached hydrogens (tertiary/aromatic N) is 12. The summed E-state index contributed by atoms with van der Waals surface area (Å²) in [6.07, 6.45) is 0. The van der Waals surface area contributed by atoms with Gasteiger partial charge in [0, 0.05) is 9.82 Å². The summed E-state index contributed by atoms with van der Waals surface area (Å²) in [6.45, 7) is 0. The first-order valence-corrected chi connectivity index (χ1v) is 5.21. The van der Waals surface area contributed by atoms with E-state index in [0.29, 0.717) is 0 Å². The quantitative estimate of drug-likeness (QED) is 0.187. The highest BCUT2D eigenvalue weighted by molar-refractivity contribution is 5.51. The number of hydrogen-bond acceptors (Lipinski definition) is 10. The van der Waals surface area contributed by atoms with Gasteiger partial charge in [0.1, 0.15) is 0 Å². The van der Waals surface area contributed by atoms with Crippen LogP contribution in [0.4, 0.5) is 23.5 Å². The van der Waals surface area contributed by atoms with E-state index >= 15 is 0 Å². The number of aromatic amines is 2. The minimum Gasteiger partial charge on any atom is -0.256 e. The summed E-state index contributed by atoms with van der Waals surface area (Å²) in [5.41, 5.74) is 19.3. The number of aromatic nitrogens is 6. The molecule has 2 aromatic rings. The summed E-state index contributed by atoms with van der Waals surface area (Å²) >= 11 is 0. The number of hydrazine groups is 2. The molecule has 24 heavy (non-hydrogen) atoms. The number of hydrogen-bond donors (Lipinski definition) is 4. The summed E-state index contributed by atoms with van der Waals surface area (Å²) in [5.74, 6) is -0.823. The topological polar surface area (TPSA) is 291 Å². The van der Waals surface area contributed by atoms with Crippen LogP contribution in [0.25, 0.3) is 20.9 Å². The van der Waals surface area contributed by atoms with Gasteiger partial charge in [-0.05, 0) is 21.3 Å². The van der Waals surface area contributed by atoms with Crippen LogP contribution in [0.3, 0.4) is 0 Å². The monoisotopic (exact) mass is 340 g/mol. The van der Waals surface area contributed by atoms with Crippen molar-refractivity contribution in [2.75, 3.05) is 10.9 Å². The molecule has 0 fully saturated rings. The van der Waals surface area contributed by atoms with Crippen LogP contribution >= 0.6 is 0 Å². The molecule has 0 saturated carbocycles. The third kappa shape index (κ3) is 5.74. The molecule has 0 aromatic carbocycles.